The van der Waals surface area contributed by atoms with E-state index < -0.39 is 0 Å². The Kier molecular flexibility index (Phi) is 2.78. The van der Waals surface area contributed by atoms with Gasteiger partial charge in [0.1, 0.15) is 0 Å². The predicted molar refractivity (Wildman–Crippen MR) is 66.3 cm³/mol. The van der Waals surface area contributed by atoms with Crippen LogP contribution in [0.2, 0.25) is 0 Å². The van der Waals surface area contributed by atoms with Crippen molar-refractivity contribution in [2.75, 3.05) is 0 Å². The second-order valence-corrected chi connectivity index (χ2v) is 5.80. The van der Waals surface area contributed by atoms with Gasteiger partial charge in [-0.1, -0.05) is 32.1 Å². The topological polar surface area (TPSA) is 50.4 Å². The Morgan fingerprint density at radius 2 is 1.81 bits per heavy atom. The summed E-state index contributed by atoms with van der Waals surface area (Å²) < 4.78 is 0. The molecule has 3 aliphatic carbocycles. The Labute approximate surface area is 97.9 Å². The minimum atomic E-state index is 0.550. The van der Waals surface area contributed by atoms with Crippen molar-refractivity contribution < 1.29 is 0 Å². The minimum absolute atomic E-state index is 0.550. The van der Waals surface area contributed by atoms with E-state index in [2.05, 4.69) is 10.3 Å². The van der Waals surface area contributed by atoms with Crippen LogP contribution in [-0.4, -0.2) is 18.0 Å². The predicted octanol–water partition coefficient (Wildman–Crippen LogP) is 2.02. The van der Waals surface area contributed by atoms with E-state index in [1.54, 1.807) is 0 Å². The van der Waals surface area contributed by atoms with E-state index in [1.165, 1.54) is 51.4 Å². The van der Waals surface area contributed by atoms with Crippen LogP contribution in [0.3, 0.4) is 0 Å². The van der Waals surface area contributed by atoms with E-state index in [9.17, 15) is 0 Å². The summed E-state index contributed by atoms with van der Waals surface area (Å²) in [7, 11) is 0. The highest BCUT2D eigenvalue weighted by Gasteiger charge is 2.43. The monoisotopic (exact) mass is 221 g/mol. The molecule has 0 aliphatic heterocycles. The summed E-state index contributed by atoms with van der Waals surface area (Å²) in [4.78, 5) is 4.61. The fourth-order valence-corrected chi connectivity index (χ4v) is 3.07. The molecular weight excluding hydrogens is 198 g/mol. The lowest BCUT2D eigenvalue weighted by molar-refractivity contribution is 0.318. The van der Waals surface area contributed by atoms with Crippen molar-refractivity contribution in [1.82, 2.24) is 5.32 Å². The maximum absolute atomic E-state index is 5.89. The van der Waals surface area contributed by atoms with E-state index in [1.807, 2.05) is 0 Å². The maximum atomic E-state index is 5.89. The molecule has 0 spiro atoms. The van der Waals surface area contributed by atoms with E-state index in [0.717, 1.165) is 11.8 Å². The first-order chi connectivity index (χ1) is 7.83. The zero-order valence-corrected chi connectivity index (χ0v) is 9.99. The molecule has 16 heavy (non-hydrogen) atoms. The van der Waals surface area contributed by atoms with Crippen molar-refractivity contribution in [1.29, 1.82) is 0 Å². The molecule has 0 bridgehead atoms. The van der Waals surface area contributed by atoms with Crippen molar-refractivity contribution >= 4 is 5.96 Å². The minimum Gasteiger partial charge on any atom is -0.370 e. The molecule has 0 aromatic rings. The first kappa shape index (κ1) is 10.4. The van der Waals surface area contributed by atoms with Gasteiger partial charge in [0, 0.05) is 6.04 Å². The van der Waals surface area contributed by atoms with Crippen LogP contribution in [-0.2, 0) is 0 Å². The van der Waals surface area contributed by atoms with Crippen LogP contribution in [0.25, 0.3) is 0 Å². The van der Waals surface area contributed by atoms with Gasteiger partial charge in [0.25, 0.3) is 0 Å². The summed E-state index contributed by atoms with van der Waals surface area (Å²) in [5.74, 6) is 2.52. The normalized spacial score (nSPS) is 36.1. The molecule has 3 fully saturated rings. The molecule has 2 atom stereocenters. The molecule has 0 radical (unpaired) electrons. The first-order valence-corrected chi connectivity index (χ1v) is 6.93. The number of nitrogens with two attached hydrogens (primary N) is 1. The second kappa shape index (κ2) is 4.27. The lowest BCUT2D eigenvalue weighted by atomic mass is 9.85. The van der Waals surface area contributed by atoms with Crippen LogP contribution in [0.15, 0.2) is 4.99 Å². The zero-order chi connectivity index (χ0) is 11.0. The second-order valence-electron chi connectivity index (χ2n) is 5.80. The zero-order valence-electron chi connectivity index (χ0n) is 9.99. The molecule has 3 heteroatoms. The Hall–Kier alpha value is -0.730. The fraction of sp³-hybridized carbons (Fsp3) is 0.923. The van der Waals surface area contributed by atoms with Crippen molar-refractivity contribution in [2.45, 2.75) is 63.5 Å². The van der Waals surface area contributed by atoms with Crippen LogP contribution in [0.1, 0.15) is 51.4 Å². The summed E-state index contributed by atoms with van der Waals surface area (Å²) in [5.41, 5.74) is 5.89. The molecule has 0 amide bonds. The van der Waals surface area contributed by atoms with Crippen LogP contribution in [0, 0.1) is 11.8 Å². The lowest BCUT2D eigenvalue weighted by Gasteiger charge is -2.21. The smallest absolute Gasteiger partial charge is 0.189 e. The van der Waals surface area contributed by atoms with Gasteiger partial charge in [-0.25, -0.2) is 4.99 Å². The highest BCUT2D eigenvalue weighted by atomic mass is 15.1. The fourth-order valence-electron chi connectivity index (χ4n) is 3.07. The van der Waals surface area contributed by atoms with E-state index >= 15 is 0 Å². The van der Waals surface area contributed by atoms with E-state index in [-0.39, 0.29) is 0 Å². The summed E-state index contributed by atoms with van der Waals surface area (Å²) >= 11 is 0. The number of aliphatic imine (C=N–C) groups is 1. The maximum Gasteiger partial charge on any atom is 0.189 e. The Bertz CT molecular complexity index is 277. The van der Waals surface area contributed by atoms with Gasteiger partial charge >= 0.3 is 0 Å². The van der Waals surface area contributed by atoms with Crippen LogP contribution < -0.4 is 11.1 Å². The molecule has 3 rings (SSSR count). The van der Waals surface area contributed by atoms with Crippen LogP contribution in [0.5, 0.6) is 0 Å². The molecule has 3 aliphatic rings. The molecule has 2 unspecified atom stereocenters. The summed E-state index contributed by atoms with van der Waals surface area (Å²) in [6.45, 7) is 0. The lowest BCUT2D eigenvalue weighted by Crippen LogP contribution is -2.33. The van der Waals surface area contributed by atoms with Gasteiger partial charge in [-0.3, -0.25) is 0 Å². The summed E-state index contributed by atoms with van der Waals surface area (Å²) in [5, 5.41) is 3.28. The third kappa shape index (κ3) is 2.50. The van der Waals surface area contributed by atoms with Gasteiger partial charge in [0.15, 0.2) is 5.96 Å². The number of rotatable bonds is 3. The van der Waals surface area contributed by atoms with Gasteiger partial charge in [-0.2, -0.15) is 0 Å². The van der Waals surface area contributed by atoms with Gasteiger partial charge in [-0.15, -0.1) is 0 Å². The van der Waals surface area contributed by atoms with Gasteiger partial charge < -0.3 is 11.1 Å². The van der Waals surface area contributed by atoms with E-state index in [0.29, 0.717) is 18.0 Å². The Morgan fingerprint density at radius 3 is 2.50 bits per heavy atom. The number of hydrogen-bond acceptors (Lipinski definition) is 1. The number of hydrogen-bond donors (Lipinski definition) is 2. The van der Waals surface area contributed by atoms with E-state index in [4.69, 9.17) is 5.73 Å². The largest absolute Gasteiger partial charge is 0.370 e. The van der Waals surface area contributed by atoms with Crippen molar-refractivity contribution in [2.24, 2.45) is 22.6 Å². The first-order valence-electron chi connectivity index (χ1n) is 6.93. The third-order valence-electron chi connectivity index (χ3n) is 4.29. The van der Waals surface area contributed by atoms with Crippen LogP contribution in [0.4, 0.5) is 0 Å². The quantitative estimate of drug-likeness (QED) is 0.566. The third-order valence-corrected chi connectivity index (χ3v) is 4.29. The van der Waals surface area contributed by atoms with Crippen LogP contribution >= 0.6 is 0 Å². The number of nitrogens with zero attached hydrogens (tertiary/aromatic N) is 1. The van der Waals surface area contributed by atoms with Crippen molar-refractivity contribution in [3.05, 3.63) is 0 Å². The highest BCUT2D eigenvalue weighted by Crippen LogP contribution is 2.46. The molecule has 0 saturated heterocycles. The SMILES string of the molecule is NC(=NC1CC1C1CCCCC1)NC1CC1. The molecular formula is C13H23N3. The van der Waals surface area contributed by atoms with Gasteiger partial charge in [0.05, 0.1) is 6.04 Å². The molecule has 3 saturated carbocycles. The van der Waals surface area contributed by atoms with Gasteiger partial charge in [0.2, 0.25) is 0 Å². The average molecular weight is 221 g/mol. The number of nitrogens with one attached hydrogen (secondary N) is 1. The highest BCUT2D eigenvalue weighted by molar-refractivity contribution is 5.78. The summed E-state index contributed by atoms with van der Waals surface area (Å²) in [6.07, 6.45) is 11.0. The molecule has 3 N–H and O–H groups in total. The Balaban J connectivity index is 1.46. The molecule has 3 nitrogen and oxygen atoms in total. The molecule has 90 valence electrons. The molecule has 0 heterocycles. The van der Waals surface area contributed by atoms with Crippen molar-refractivity contribution in [3.8, 4) is 0 Å². The Morgan fingerprint density at radius 1 is 1.06 bits per heavy atom. The molecule has 0 aromatic carbocycles. The van der Waals surface area contributed by atoms with Gasteiger partial charge in [-0.05, 0) is 31.1 Å². The summed E-state index contributed by atoms with van der Waals surface area (Å²) in [6, 6.07) is 1.19. The number of guanidine groups is 1. The average Bonchev–Trinajstić information content (AvgIpc) is 3.16. The molecule has 0 aromatic heterocycles. The van der Waals surface area contributed by atoms with Crippen molar-refractivity contribution in [3.63, 3.8) is 0 Å². The standard InChI is InChI=1S/C13H23N3/c14-13(15-10-6-7-10)16-12-8-11(12)9-4-2-1-3-5-9/h9-12H,1-8H2,(H3,14,15,16).